The molecule has 10 rings (SSSR count). The summed E-state index contributed by atoms with van der Waals surface area (Å²) >= 11 is 6.87. The van der Waals surface area contributed by atoms with E-state index in [0.717, 1.165) is 94.9 Å². The third kappa shape index (κ3) is 10.0. The Morgan fingerprint density at radius 3 is 1.34 bits per heavy atom. The van der Waals surface area contributed by atoms with Gasteiger partial charge < -0.3 is 0 Å². The Labute approximate surface area is 380 Å². The predicted molar refractivity (Wildman–Crippen MR) is 251 cm³/mol. The molecule has 0 spiro atoms. The number of hydrogen-bond acceptors (Lipinski definition) is 8. The van der Waals surface area contributed by atoms with Crippen molar-refractivity contribution in [3.63, 3.8) is 0 Å². The molecule has 0 unspecified atom stereocenters. The minimum Gasteiger partial charge on any atom is -0.271 e. The van der Waals surface area contributed by atoms with E-state index in [0.29, 0.717) is 12.8 Å². The maximum atomic E-state index is 4.82. The van der Waals surface area contributed by atoms with E-state index >= 15 is 0 Å². The van der Waals surface area contributed by atoms with Gasteiger partial charge in [0.2, 0.25) is 0 Å². The van der Waals surface area contributed by atoms with E-state index in [4.69, 9.17) is 10.2 Å². The number of nitrogens with zero attached hydrogens (tertiary/aromatic N) is 12. The summed E-state index contributed by atoms with van der Waals surface area (Å²) in [6.45, 7) is 12.3. The molecule has 2 aliphatic rings. The van der Waals surface area contributed by atoms with Crippen molar-refractivity contribution >= 4 is 31.9 Å². The summed E-state index contributed by atoms with van der Waals surface area (Å²) in [5.41, 5.74) is 16.4. The number of benzene rings is 2. The molecule has 0 amide bonds. The van der Waals surface area contributed by atoms with E-state index in [-0.39, 0.29) is 0 Å². The molecule has 0 atom stereocenters. The Bertz CT molecular complexity index is 2820. The van der Waals surface area contributed by atoms with Crippen LogP contribution in [-0.4, -0.2) is 63.9 Å². The average Bonchev–Trinajstić information content (AvgIpc) is 4.16. The maximum absolute atomic E-state index is 4.82. The van der Waals surface area contributed by atoms with Gasteiger partial charge in [-0.2, -0.15) is 20.4 Å². The molecule has 0 N–H and O–H groups in total. The highest BCUT2D eigenvalue weighted by Crippen LogP contribution is 2.40. The molecule has 8 aromatic rings. The second-order valence-electron chi connectivity index (χ2n) is 16.4. The van der Waals surface area contributed by atoms with Gasteiger partial charge in [0.15, 0.2) is 11.6 Å². The zero-order valence-corrected chi connectivity index (χ0v) is 39.8. The highest BCUT2D eigenvalue weighted by atomic mass is 79.9. The largest absolute Gasteiger partial charge is 0.271 e. The van der Waals surface area contributed by atoms with E-state index in [1.807, 2.05) is 96.9 Å². The predicted octanol–water partition coefficient (Wildman–Crippen LogP) is 10.3. The van der Waals surface area contributed by atoms with Gasteiger partial charge in [-0.3, -0.25) is 9.36 Å². The number of alkyl halides is 1. The Morgan fingerprint density at radius 2 is 0.968 bits per heavy atom. The monoisotopic (exact) mass is 954 g/mol. The third-order valence-electron chi connectivity index (χ3n) is 11.3. The fourth-order valence-electron chi connectivity index (χ4n) is 7.63. The van der Waals surface area contributed by atoms with Crippen molar-refractivity contribution < 1.29 is 0 Å². The van der Waals surface area contributed by atoms with Gasteiger partial charge in [0, 0.05) is 82.3 Å². The first-order chi connectivity index (χ1) is 29.8. The van der Waals surface area contributed by atoms with Crippen LogP contribution in [0.1, 0.15) is 93.8 Å². The maximum Gasteiger partial charge on any atom is 0.157 e. The van der Waals surface area contributed by atoms with E-state index in [1.165, 1.54) is 42.4 Å². The molecule has 0 bridgehead atoms. The number of halogens is 2. The van der Waals surface area contributed by atoms with Crippen molar-refractivity contribution in [2.24, 2.45) is 14.1 Å². The topological polar surface area (TPSA) is 123 Å². The molecular weight excluding hydrogens is 904 g/mol. The summed E-state index contributed by atoms with van der Waals surface area (Å²) in [5, 5.41) is 18.6. The van der Waals surface area contributed by atoms with Gasteiger partial charge in [-0.25, -0.2) is 29.3 Å². The van der Waals surface area contributed by atoms with Crippen LogP contribution in [-0.2, 0) is 26.9 Å². The van der Waals surface area contributed by atoms with Gasteiger partial charge in [0.1, 0.15) is 12.7 Å². The van der Waals surface area contributed by atoms with Crippen molar-refractivity contribution in [2.45, 2.75) is 90.8 Å². The molecule has 14 heteroatoms. The van der Waals surface area contributed by atoms with Crippen LogP contribution >= 0.6 is 31.9 Å². The Kier molecular flexibility index (Phi) is 12.8. The van der Waals surface area contributed by atoms with Gasteiger partial charge in [-0.05, 0) is 114 Å². The first-order valence-electron chi connectivity index (χ1n) is 21.1. The van der Waals surface area contributed by atoms with E-state index < -0.39 is 0 Å². The fraction of sp³-hybridized carbons (Fsp3) is 0.333. The SMILES string of the molecule is BrC1CC1.Cc1cc(C)n(-c2cc(Cc3c(C)c(-c4ccc(Br)cc4)nn3C)ncn2)n1.Cc1cc(C)n(-c2cc(Cc3c(C)c(-c4ccc(C5CC5)cc4)nn3C)ncn2)n1. The molecule has 2 saturated carbocycles. The lowest BCUT2D eigenvalue weighted by Crippen LogP contribution is -2.06. The van der Waals surface area contributed by atoms with E-state index in [9.17, 15) is 0 Å². The quantitative estimate of drug-likeness (QED) is 0.131. The molecule has 0 aliphatic heterocycles. The lowest BCUT2D eigenvalue weighted by Gasteiger charge is -2.07. The summed E-state index contributed by atoms with van der Waals surface area (Å²) < 4.78 is 8.69. The van der Waals surface area contributed by atoms with Crippen molar-refractivity contribution in [2.75, 3.05) is 0 Å². The van der Waals surface area contributed by atoms with Crippen LogP contribution in [0.2, 0.25) is 0 Å². The van der Waals surface area contributed by atoms with Gasteiger partial charge in [-0.15, -0.1) is 0 Å². The second-order valence-corrected chi connectivity index (χ2v) is 18.6. The molecule has 2 aromatic carbocycles. The van der Waals surface area contributed by atoms with Crippen LogP contribution in [0.4, 0.5) is 0 Å². The minimum absolute atomic E-state index is 0.681. The molecule has 2 fully saturated rings. The lowest BCUT2D eigenvalue weighted by atomic mass is 10.0. The molecule has 6 aromatic heterocycles. The minimum atomic E-state index is 0.681. The summed E-state index contributed by atoms with van der Waals surface area (Å²) in [4.78, 5) is 18.7. The molecule has 0 radical (unpaired) electrons. The molecular formula is C48H52Br2N12. The van der Waals surface area contributed by atoms with Crippen molar-refractivity contribution in [1.82, 2.24) is 59.1 Å². The van der Waals surface area contributed by atoms with Gasteiger partial charge in [0.25, 0.3) is 0 Å². The zero-order valence-electron chi connectivity index (χ0n) is 36.6. The number of aromatic nitrogens is 12. The Morgan fingerprint density at radius 1 is 0.548 bits per heavy atom. The molecule has 318 valence electrons. The van der Waals surface area contributed by atoms with Crippen LogP contribution in [0.15, 0.2) is 89.9 Å². The van der Waals surface area contributed by atoms with E-state index in [1.54, 1.807) is 12.7 Å². The molecule has 0 saturated heterocycles. The highest BCUT2D eigenvalue weighted by molar-refractivity contribution is 9.10. The average molecular weight is 957 g/mol. The van der Waals surface area contributed by atoms with Crippen LogP contribution in [0.5, 0.6) is 0 Å². The molecule has 62 heavy (non-hydrogen) atoms. The van der Waals surface area contributed by atoms with Crippen LogP contribution in [0, 0.1) is 41.5 Å². The fourth-order valence-corrected chi connectivity index (χ4v) is 8.16. The van der Waals surface area contributed by atoms with Crippen molar-refractivity contribution in [3.05, 3.63) is 152 Å². The van der Waals surface area contributed by atoms with Crippen LogP contribution in [0.3, 0.4) is 0 Å². The van der Waals surface area contributed by atoms with Crippen molar-refractivity contribution in [1.29, 1.82) is 0 Å². The van der Waals surface area contributed by atoms with E-state index in [2.05, 4.69) is 112 Å². The number of hydrogen-bond donors (Lipinski definition) is 0. The lowest BCUT2D eigenvalue weighted by molar-refractivity contribution is 0.718. The summed E-state index contributed by atoms with van der Waals surface area (Å²) in [5.74, 6) is 2.35. The van der Waals surface area contributed by atoms with Gasteiger partial charge in [0.05, 0.1) is 34.2 Å². The number of rotatable bonds is 9. The molecule has 12 nitrogen and oxygen atoms in total. The smallest absolute Gasteiger partial charge is 0.157 e. The van der Waals surface area contributed by atoms with Crippen LogP contribution in [0.25, 0.3) is 34.2 Å². The summed E-state index contributed by atoms with van der Waals surface area (Å²) in [6.07, 6.45) is 10.0. The Balaban J connectivity index is 0.000000157. The standard InChI is InChI=1S/C24H26N6.C21H21BrN6.C3H5Br/c1-15-11-16(2)30(27-15)23-13-21(25-14-26-23)12-22-17(3)24(28-29(22)4)20-9-7-19(8-10-20)18-5-6-18;1-13-9-14(2)28(25-13)20-11-18(23-12-24-20)10-19-15(3)21(26-27(19)4)16-5-7-17(22)8-6-16;4-3-1-2-3/h7-11,13-14,18H,5-6,12H2,1-4H3;5-9,11-12H,10H2,1-4H3;3H,1-2H2. The summed E-state index contributed by atoms with van der Waals surface area (Å²) in [6, 6.07) is 25.2. The summed E-state index contributed by atoms with van der Waals surface area (Å²) in [7, 11) is 3.99. The first kappa shape index (κ1) is 43.1. The second kappa shape index (κ2) is 18.4. The normalized spacial score (nSPS) is 13.4. The zero-order chi connectivity index (χ0) is 43.7. The van der Waals surface area contributed by atoms with Gasteiger partial charge in [-0.1, -0.05) is 68.3 Å². The Hall–Kier alpha value is -5.60. The van der Waals surface area contributed by atoms with Gasteiger partial charge >= 0.3 is 0 Å². The molecule has 2 aliphatic carbocycles. The first-order valence-corrected chi connectivity index (χ1v) is 22.8. The molecule has 6 heterocycles. The van der Waals surface area contributed by atoms with Crippen LogP contribution < -0.4 is 0 Å². The highest BCUT2D eigenvalue weighted by Gasteiger charge is 2.24. The number of aryl methyl sites for hydroxylation is 6. The third-order valence-corrected chi connectivity index (χ3v) is 12.7. The van der Waals surface area contributed by atoms with Crippen molar-refractivity contribution in [3.8, 4) is 34.2 Å².